The van der Waals surface area contributed by atoms with Crippen LogP contribution in [0.1, 0.15) is 40.2 Å². The van der Waals surface area contributed by atoms with E-state index in [-0.39, 0.29) is 23.4 Å². The first-order valence-electron chi connectivity index (χ1n) is 11.7. The Bertz CT molecular complexity index is 1410. The summed E-state index contributed by atoms with van der Waals surface area (Å²) in [5.74, 6) is -2.30. The summed E-state index contributed by atoms with van der Waals surface area (Å²) in [5, 5.41) is 14.2. The van der Waals surface area contributed by atoms with Crippen LogP contribution in [0.4, 0.5) is 15.8 Å². The first-order chi connectivity index (χ1) is 17.3. The van der Waals surface area contributed by atoms with Gasteiger partial charge in [0.1, 0.15) is 11.4 Å². The molecule has 36 heavy (non-hydrogen) atoms. The molecule has 1 spiro atoms. The number of Topliss-reactive ketones (excluding diaryl/α,β-unsaturated/α-hetero) is 1. The molecule has 0 aliphatic carbocycles. The number of hydrogen-bond donors (Lipinski definition) is 1. The number of nitrogens with zero attached hydrogens (tertiary/aromatic N) is 2. The van der Waals surface area contributed by atoms with Gasteiger partial charge in [-0.2, -0.15) is 0 Å². The van der Waals surface area contributed by atoms with Gasteiger partial charge in [-0.25, -0.2) is 4.39 Å². The number of ketones is 1. The third kappa shape index (κ3) is 3.19. The van der Waals surface area contributed by atoms with E-state index >= 15 is 0 Å². The van der Waals surface area contributed by atoms with Gasteiger partial charge < -0.3 is 5.32 Å². The number of carbonyl (C=O) groups excluding carboxylic acids is 2. The normalized spacial score (nSPS) is 26.6. The Hall–Kier alpha value is -3.43. The summed E-state index contributed by atoms with van der Waals surface area (Å²) in [7, 11) is 0. The molecule has 4 atom stereocenters. The molecule has 3 unspecified atom stereocenters. The number of anilines is 1. The van der Waals surface area contributed by atoms with E-state index in [9.17, 15) is 24.1 Å². The van der Waals surface area contributed by atoms with Crippen LogP contribution in [-0.2, 0) is 10.3 Å². The molecule has 3 aromatic carbocycles. The number of non-ortho nitro benzene ring substituents is 1. The van der Waals surface area contributed by atoms with Gasteiger partial charge in [-0.05, 0) is 55.3 Å². The predicted molar refractivity (Wildman–Crippen MR) is 134 cm³/mol. The van der Waals surface area contributed by atoms with E-state index in [0.29, 0.717) is 23.4 Å². The second kappa shape index (κ2) is 8.31. The maximum atomic E-state index is 14.6. The Morgan fingerprint density at radius 3 is 2.53 bits per heavy atom. The van der Waals surface area contributed by atoms with Crippen LogP contribution in [0.3, 0.4) is 0 Å². The Kier molecular flexibility index (Phi) is 5.31. The minimum atomic E-state index is -1.38. The molecule has 182 valence electrons. The number of nitro groups is 1. The van der Waals surface area contributed by atoms with Crippen molar-refractivity contribution in [2.75, 3.05) is 11.9 Å². The van der Waals surface area contributed by atoms with Crippen LogP contribution < -0.4 is 5.32 Å². The van der Waals surface area contributed by atoms with E-state index in [1.165, 1.54) is 24.3 Å². The summed E-state index contributed by atoms with van der Waals surface area (Å²) in [6.45, 7) is 0.585. The minimum Gasteiger partial charge on any atom is -0.324 e. The minimum absolute atomic E-state index is 0.0449. The summed E-state index contributed by atoms with van der Waals surface area (Å²) in [6.07, 6.45) is 1.58. The highest BCUT2D eigenvalue weighted by Crippen LogP contribution is 2.61. The molecular formula is C27H21BrFN3O4. The smallest absolute Gasteiger partial charge is 0.269 e. The average Bonchev–Trinajstić information content (AvgIpc) is 3.52. The van der Waals surface area contributed by atoms with Crippen molar-refractivity contribution in [1.29, 1.82) is 0 Å². The van der Waals surface area contributed by atoms with Gasteiger partial charge >= 0.3 is 0 Å². The number of fused-ring (bicyclic) bond motifs is 4. The largest absolute Gasteiger partial charge is 0.324 e. The fourth-order valence-corrected chi connectivity index (χ4v) is 6.78. The molecule has 2 saturated heterocycles. The molecule has 1 N–H and O–H groups in total. The molecule has 2 fully saturated rings. The molecule has 9 heteroatoms. The van der Waals surface area contributed by atoms with Crippen molar-refractivity contribution in [3.05, 3.63) is 104 Å². The fraction of sp³-hybridized carbons (Fsp3) is 0.259. The van der Waals surface area contributed by atoms with Crippen molar-refractivity contribution in [2.45, 2.75) is 30.3 Å². The molecule has 3 heterocycles. The lowest BCUT2D eigenvalue weighted by Crippen LogP contribution is -2.52. The van der Waals surface area contributed by atoms with E-state index in [2.05, 4.69) is 26.1 Å². The number of rotatable bonds is 4. The van der Waals surface area contributed by atoms with Crippen LogP contribution in [0, 0.1) is 21.8 Å². The summed E-state index contributed by atoms with van der Waals surface area (Å²) < 4.78 is 15.4. The third-order valence-corrected chi connectivity index (χ3v) is 8.39. The first-order valence-corrected chi connectivity index (χ1v) is 12.5. The number of nitro benzene ring substituents is 1. The maximum absolute atomic E-state index is 14.6. The molecule has 3 aromatic rings. The van der Waals surface area contributed by atoms with Crippen LogP contribution in [0.25, 0.3) is 0 Å². The van der Waals surface area contributed by atoms with Crippen molar-refractivity contribution < 1.29 is 18.9 Å². The predicted octanol–water partition coefficient (Wildman–Crippen LogP) is 5.40. The van der Waals surface area contributed by atoms with Gasteiger partial charge in [0.25, 0.3) is 5.69 Å². The second-order valence-corrected chi connectivity index (χ2v) is 10.5. The van der Waals surface area contributed by atoms with Gasteiger partial charge in [0.2, 0.25) is 5.91 Å². The Labute approximate surface area is 214 Å². The maximum Gasteiger partial charge on any atom is 0.269 e. The van der Waals surface area contributed by atoms with Gasteiger partial charge in [-0.15, -0.1) is 0 Å². The van der Waals surface area contributed by atoms with E-state index in [4.69, 9.17) is 0 Å². The third-order valence-electron chi connectivity index (χ3n) is 7.86. The zero-order chi connectivity index (χ0) is 25.2. The van der Waals surface area contributed by atoms with Gasteiger partial charge in [0.15, 0.2) is 5.78 Å². The van der Waals surface area contributed by atoms with Crippen LogP contribution >= 0.6 is 15.9 Å². The van der Waals surface area contributed by atoms with Gasteiger partial charge in [0, 0.05) is 45.4 Å². The SMILES string of the molecule is O=C(c1ccc(Br)cc1)C1C(c2ccc([N+](=O)[O-])cc2)C2CCCN2[C@@]12C(=O)Nc1ccc(F)cc12. The number of nitrogens with one attached hydrogen (secondary N) is 1. The van der Waals surface area contributed by atoms with Crippen molar-refractivity contribution in [3.63, 3.8) is 0 Å². The zero-order valence-electron chi connectivity index (χ0n) is 19.0. The summed E-state index contributed by atoms with van der Waals surface area (Å²) >= 11 is 3.40. The second-order valence-electron chi connectivity index (χ2n) is 9.54. The molecule has 0 bridgehead atoms. The van der Waals surface area contributed by atoms with Crippen molar-refractivity contribution in [1.82, 2.24) is 4.90 Å². The summed E-state index contributed by atoms with van der Waals surface area (Å²) in [4.78, 5) is 41.1. The topological polar surface area (TPSA) is 92.5 Å². The zero-order valence-corrected chi connectivity index (χ0v) is 20.6. The first kappa shape index (κ1) is 23.0. The van der Waals surface area contributed by atoms with Crippen molar-refractivity contribution in [3.8, 4) is 0 Å². The van der Waals surface area contributed by atoms with Crippen molar-refractivity contribution >= 4 is 39.0 Å². The highest BCUT2D eigenvalue weighted by atomic mass is 79.9. The van der Waals surface area contributed by atoms with E-state index < -0.39 is 28.1 Å². The summed E-state index contributed by atoms with van der Waals surface area (Å²) in [6, 6.07) is 17.3. The van der Waals surface area contributed by atoms with Crippen LogP contribution in [0.15, 0.2) is 71.2 Å². The Morgan fingerprint density at radius 2 is 1.83 bits per heavy atom. The number of halogens is 2. The van der Waals surface area contributed by atoms with Crippen molar-refractivity contribution in [2.24, 2.45) is 5.92 Å². The molecule has 0 radical (unpaired) electrons. The van der Waals surface area contributed by atoms with Crippen LogP contribution in [0.2, 0.25) is 0 Å². The lowest BCUT2D eigenvalue weighted by Gasteiger charge is -2.36. The standard InChI is InChI=1S/C27H21BrFN3O4/c28-17-7-3-16(4-8-17)25(33)24-23(15-5-10-19(11-6-15)32(35)36)22-2-1-13-31(22)27(24)20-14-18(29)9-12-21(20)30-26(27)34/h3-12,14,22-24H,1-2,13H2,(H,30,34)/t22?,23?,24?,27-/m1/s1. The average molecular weight is 550 g/mol. The highest BCUT2D eigenvalue weighted by molar-refractivity contribution is 9.10. The molecule has 6 rings (SSSR count). The Morgan fingerprint density at radius 1 is 1.11 bits per heavy atom. The Balaban J connectivity index is 1.59. The number of carbonyl (C=O) groups is 2. The lowest BCUT2D eigenvalue weighted by molar-refractivity contribution is -0.384. The monoisotopic (exact) mass is 549 g/mol. The van der Waals surface area contributed by atoms with Crippen LogP contribution in [0.5, 0.6) is 0 Å². The molecule has 0 aromatic heterocycles. The van der Waals surface area contributed by atoms with Crippen LogP contribution in [-0.4, -0.2) is 34.1 Å². The molecule has 3 aliphatic heterocycles. The number of amides is 1. The van der Waals surface area contributed by atoms with E-state index in [1.807, 2.05) is 0 Å². The van der Waals surface area contributed by atoms with Gasteiger partial charge in [-0.3, -0.25) is 24.6 Å². The molecule has 1 amide bonds. The number of benzene rings is 3. The highest BCUT2D eigenvalue weighted by Gasteiger charge is 2.69. The molecule has 7 nitrogen and oxygen atoms in total. The molecular weight excluding hydrogens is 529 g/mol. The number of hydrogen-bond acceptors (Lipinski definition) is 5. The van der Waals surface area contributed by atoms with Gasteiger partial charge in [0.05, 0.1) is 10.8 Å². The van der Waals surface area contributed by atoms with E-state index in [0.717, 1.165) is 22.9 Å². The lowest BCUT2D eigenvalue weighted by atomic mass is 9.68. The summed E-state index contributed by atoms with van der Waals surface area (Å²) in [5.41, 5.74) is 0.756. The van der Waals surface area contributed by atoms with E-state index in [1.54, 1.807) is 42.5 Å². The molecule has 3 aliphatic rings. The fourth-order valence-electron chi connectivity index (χ4n) is 6.52. The quantitative estimate of drug-likeness (QED) is 0.267. The van der Waals surface area contributed by atoms with Gasteiger partial charge in [-0.1, -0.05) is 40.2 Å². The molecule has 0 saturated carbocycles.